The molecule has 0 radical (unpaired) electrons. The number of H-pyrrole nitrogens is 2. The molecule has 0 saturated heterocycles. The van der Waals surface area contributed by atoms with Crippen LogP contribution in [0.5, 0.6) is 0 Å². The van der Waals surface area contributed by atoms with Crippen LogP contribution in [-0.4, -0.2) is 9.97 Å². The second-order valence-corrected chi connectivity index (χ2v) is 7.59. The summed E-state index contributed by atoms with van der Waals surface area (Å²) in [5.41, 5.74) is 9.98. The number of benzene rings is 4. The van der Waals surface area contributed by atoms with Crippen LogP contribution in [0.3, 0.4) is 0 Å². The summed E-state index contributed by atoms with van der Waals surface area (Å²) in [7, 11) is 0. The van der Waals surface area contributed by atoms with Gasteiger partial charge in [-0.2, -0.15) is 0 Å². The third-order valence-corrected chi connectivity index (χ3v) is 6.17. The lowest BCUT2D eigenvalue weighted by Crippen LogP contribution is -2.09. The maximum Gasteiger partial charge on any atom is 0.0556 e. The largest absolute Gasteiger partial charge is 0.380 e. The van der Waals surface area contributed by atoms with Crippen LogP contribution in [0.25, 0.3) is 54.7 Å². The molecule has 0 amide bonds. The van der Waals surface area contributed by atoms with Gasteiger partial charge in [-0.25, -0.2) is 0 Å². The van der Waals surface area contributed by atoms with Gasteiger partial charge in [0.25, 0.3) is 0 Å². The molecule has 0 aliphatic carbocycles. The highest BCUT2D eigenvalue weighted by Gasteiger charge is 2.25. The predicted molar refractivity (Wildman–Crippen MR) is 118 cm³/mol. The molecule has 0 bridgehead atoms. The molecule has 132 valence electrons. The minimum absolute atomic E-state index is 0.820. The second kappa shape index (κ2) is 4.96. The number of rotatable bonds is 0. The zero-order valence-corrected chi connectivity index (χ0v) is 15.1. The second-order valence-electron chi connectivity index (χ2n) is 7.59. The Hall–Kier alpha value is -3.72. The van der Waals surface area contributed by atoms with Crippen LogP contribution in [0.2, 0.25) is 0 Å². The monoisotopic (exact) mass is 359 g/mol. The van der Waals surface area contributed by atoms with Crippen molar-refractivity contribution >= 4 is 49.3 Å². The molecule has 0 spiro atoms. The summed E-state index contributed by atoms with van der Waals surface area (Å²) in [5.74, 6) is 0. The molecule has 1 aliphatic heterocycles. The van der Waals surface area contributed by atoms with E-state index in [4.69, 9.17) is 0 Å². The first kappa shape index (κ1) is 14.4. The number of hydrogen-bond acceptors (Lipinski definition) is 1. The lowest BCUT2D eigenvalue weighted by atomic mass is 9.89. The lowest BCUT2D eigenvalue weighted by molar-refractivity contribution is 1.14. The van der Waals surface area contributed by atoms with E-state index in [1.54, 1.807) is 0 Å². The highest BCUT2D eigenvalue weighted by molar-refractivity contribution is 6.31. The van der Waals surface area contributed by atoms with Crippen molar-refractivity contribution in [1.29, 1.82) is 0 Å². The van der Waals surface area contributed by atoms with Gasteiger partial charge in [0.05, 0.1) is 11.0 Å². The highest BCUT2D eigenvalue weighted by atomic mass is 14.9. The van der Waals surface area contributed by atoms with Crippen LogP contribution in [0, 0.1) is 0 Å². The third kappa shape index (κ3) is 1.65. The van der Waals surface area contributed by atoms with Crippen LogP contribution in [0.1, 0.15) is 5.56 Å². The van der Waals surface area contributed by atoms with E-state index in [0.717, 1.165) is 6.54 Å². The van der Waals surface area contributed by atoms with Crippen LogP contribution < -0.4 is 5.32 Å². The van der Waals surface area contributed by atoms with Crippen LogP contribution in [0.15, 0.2) is 72.8 Å². The number of aromatic amines is 2. The molecule has 2 aromatic heterocycles. The summed E-state index contributed by atoms with van der Waals surface area (Å²) in [4.78, 5) is 7.48. The van der Waals surface area contributed by atoms with E-state index in [1.165, 1.54) is 66.0 Å². The molecule has 3 heteroatoms. The first-order valence-corrected chi connectivity index (χ1v) is 9.69. The van der Waals surface area contributed by atoms with Gasteiger partial charge in [0.15, 0.2) is 0 Å². The van der Waals surface area contributed by atoms with Gasteiger partial charge >= 0.3 is 0 Å². The molecule has 28 heavy (non-hydrogen) atoms. The molecular formula is C25H17N3. The molecule has 3 heterocycles. The number of hydrogen-bond donors (Lipinski definition) is 3. The zero-order valence-electron chi connectivity index (χ0n) is 15.1. The molecule has 3 nitrogen and oxygen atoms in total. The smallest absolute Gasteiger partial charge is 0.0556 e. The van der Waals surface area contributed by atoms with Gasteiger partial charge in [-0.3, -0.25) is 0 Å². The van der Waals surface area contributed by atoms with E-state index in [0.29, 0.717) is 0 Å². The van der Waals surface area contributed by atoms with E-state index in [9.17, 15) is 0 Å². The van der Waals surface area contributed by atoms with Gasteiger partial charge in [-0.1, -0.05) is 54.6 Å². The molecule has 7 rings (SSSR count). The van der Waals surface area contributed by atoms with Crippen LogP contribution >= 0.6 is 0 Å². The van der Waals surface area contributed by atoms with Gasteiger partial charge < -0.3 is 15.3 Å². The normalized spacial score (nSPS) is 13.1. The van der Waals surface area contributed by atoms with Crippen molar-refractivity contribution in [3.8, 4) is 11.1 Å². The van der Waals surface area contributed by atoms with Gasteiger partial charge in [0, 0.05) is 61.5 Å². The lowest BCUT2D eigenvalue weighted by Gasteiger charge is -2.23. The van der Waals surface area contributed by atoms with Crippen LogP contribution in [-0.2, 0) is 6.54 Å². The summed E-state index contributed by atoms with van der Waals surface area (Å²) in [6.45, 7) is 0.820. The zero-order chi connectivity index (χ0) is 18.2. The van der Waals surface area contributed by atoms with Crippen molar-refractivity contribution < 1.29 is 0 Å². The molecule has 0 saturated carbocycles. The Balaban J connectivity index is 1.84. The molecule has 0 unspecified atom stereocenters. The first-order valence-electron chi connectivity index (χ1n) is 9.69. The number of para-hydroxylation sites is 3. The Kier molecular flexibility index (Phi) is 2.54. The maximum absolute atomic E-state index is 3.75. The van der Waals surface area contributed by atoms with Crippen molar-refractivity contribution in [2.24, 2.45) is 0 Å². The molecular weight excluding hydrogens is 342 g/mol. The van der Waals surface area contributed by atoms with Gasteiger partial charge in [-0.05, 0) is 18.2 Å². The summed E-state index contributed by atoms with van der Waals surface area (Å²) >= 11 is 0. The number of aromatic nitrogens is 2. The van der Waals surface area contributed by atoms with Crippen molar-refractivity contribution in [3.05, 3.63) is 78.4 Å². The number of anilines is 1. The van der Waals surface area contributed by atoms with Gasteiger partial charge in [-0.15, -0.1) is 0 Å². The fourth-order valence-corrected chi connectivity index (χ4v) is 5.01. The van der Waals surface area contributed by atoms with Crippen molar-refractivity contribution in [1.82, 2.24) is 9.97 Å². The summed E-state index contributed by atoms with van der Waals surface area (Å²) in [5, 5.41) is 8.83. The Labute approximate surface area is 161 Å². The SMILES string of the molecule is c1ccc2c(c1)NCc1c-2c2[nH]c3ccccc3c2c2c1[nH]c1ccccc12. The van der Waals surface area contributed by atoms with E-state index >= 15 is 0 Å². The average Bonchev–Trinajstić information content (AvgIpc) is 3.32. The van der Waals surface area contributed by atoms with Gasteiger partial charge in [0.2, 0.25) is 0 Å². The third-order valence-electron chi connectivity index (χ3n) is 6.17. The highest BCUT2D eigenvalue weighted by Crippen LogP contribution is 2.47. The minimum Gasteiger partial charge on any atom is -0.380 e. The quantitative estimate of drug-likeness (QED) is 0.283. The van der Waals surface area contributed by atoms with Crippen molar-refractivity contribution in [2.75, 3.05) is 5.32 Å². The number of fused-ring (bicyclic) bond motifs is 12. The minimum atomic E-state index is 0.820. The van der Waals surface area contributed by atoms with E-state index < -0.39 is 0 Å². The molecule has 0 fully saturated rings. The molecule has 0 atom stereocenters. The predicted octanol–water partition coefficient (Wildman–Crippen LogP) is 6.55. The topological polar surface area (TPSA) is 43.6 Å². The fraction of sp³-hybridized carbons (Fsp3) is 0.0400. The Morgan fingerprint density at radius 2 is 1.21 bits per heavy atom. The molecule has 1 aliphatic rings. The van der Waals surface area contributed by atoms with Gasteiger partial charge in [0.1, 0.15) is 0 Å². The maximum atomic E-state index is 3.75. The molecule has 3 N–H and O–H groups in total. The van der Waals surface area contributed by atoms with Crippen molar-refractivity contribution in [3.63, 3.8) is 0 Å². The molecule has 6 aromatic rings. The first-order chi connectivity index (χ1) is 13.9. The fourth-order valence-electron chi connectivity index (χ4n) is 5.01. The summed E-state index contributed by atoms with van der Waals surface area (Å²) in [6.07, 6.45) is 0. The Morgan fingerprint density at radius 1 is 0.607 bits per heavy atom. The van der Waals surface area contributed by atoms with E-state index in [-0.39, 0.29) is 0 Å². The van der Waals surface area contributed by atoms with E-state index in [1.807, 2.05) is 0 Å². The van der Waals surface area contributed by atoms with Crippen molar-refractivity contribution in [2.45, 2.75) is 6.54 Å². The Morgan fingerprint density at radius 3 is 2.00 bits per heavy atom. The summed E-state index contributed by atoms with van der Waals surface area (Å²) < 4.78 is 0. The number of nitrogens with one attached hydrogen (secondary N) is 3. The van der Waals surface area contributed by atoms with Crippen LogP contribution in [0.4, 0.5) is 5.69 Å². The summed E-state index contributed by atoms with van der Waals surface area (Å²) in [6, 6.07) is 25.9. The average molecular weight is 359 g/mol. The standard InChI is InChI=1S/C25H17N3/c1-4-10-18-14(7-1)21-17(13-26-18)24-22(15-8-2-5-11-19(15)27-24)23-16-9-3-6-12-20(16)28-25(21)23/h1-12,26-28H,13H2. The Bertz CT molecular complexity index is 1570. The molecule has 4 aromatic carbocycles. The van der Waals surface area contributed by atoms with E-state index in [2.05, 4.69) is 88.1 Å².